The zero-order valence-corrected chi connectivity index (χ0v) is 12.6. The van der Waals surface area contributed by atoms with Crippen LogP contribution >= 0.6 is 11.8 Å². The molecule has 0 aromatic rings. The maximum atomic E-state index is 3.38. The molecule has 0 nitrogen and oxygen atoms in total. The van der Waals surface area contributed by atoms with Gasteiger partial charge < -0.3 is 5.73 Å². The SMILES string of the molecule is C=C=[C-]SC#C[Si](C)(C)C.[K+]. The Kier molecular flexibility index (Phi) is 10.6. The molecule has 11 heavy (non-hydrogen) atoms. The molecule has 0 aromatic carbocycles. The van der Waals surface area contributed by atoms with E-state index in [1.807, 2.05) is 0 Å². The van der Waals surface area contributed by atoms with E-state index in [1.54, 1.807) is 0 Å². The summed E-state index contributed by atoms with van der Waals surface area (Å²) in [6.45, 7) is 10.0. The monoisotopic (exact) mass is 206 g/mol. The number of hydrogen-bond donors (Lipinski definition) is 0. The molecule has 0 radical (unpaired) electrons. The van der Waals surface area contributed by atoms with Gasteiger partial charge in [0.1, 0.15) is 8.07 Å². The predicted octanol–water partition coefficient (Wildman–Crippen LogP) is -0.336. The van der Waals surface area contributed by atoms with Gasteiger partial charge in [-0.25, -0.2) is 6.58 Å². The van der Waals surface area contributed by atoms with Crippen molar-refractivity contribution in [2.45, 2.75) is 19.6 Å². The van der Waals surface area contributed by atoms with Crippen molar-refractivity contribution in [2.24, 2.45) is 0 Å². The third-order valence-corrected chi connectivity index (χ3v) is 2.11. The standard InChI is InChI=1S/C8H11SSi.K/c1-5-6-9-7-8-10(2,3)4;/h1H2,2-4H3;/q-1;+1. The summed E-state index contributed by atoms with van der Waals surface area (Å²) in [7, 11) is -1.18. The third kappa shape index (κ3) is 14.2. The molecule has 0 bridgehead atoms. The first-order chi connectivity index (χ1) is 4.56. The second-order valence-electron chi connectivity index (χ2n) is 2.86. The van der Waals surface area contributed by atoms with Crippen molar-refractivity contribution in [2.75, 3.05) is 0 Å². The molecule has 0 aliphatic heterocycles. The normalized spacial score (nSPS) is 8.27. The van der Waals surface area contributed by atoms with Gasteiger partial charge >= 0.3 is 51.4 Å². The fraction of sp³-hybridized carbons (Fsp3) is 0.375. The van der Waals surface area contributed by atoms with Gasteiger partial charge in [-0.15, -0.1) is 5.54 Å². The summed E-state index contributed by atoms with van der Waals surface area (Å²) in [4.78, 5) is 0. The summed E-state index contributed by atoms with van der Waals surface area (Å²) in [6.07, 6.45) is 0. The van der Waals surface area contributed by atoms with Gasteiger partial charge in [0, 0.05) is 0 Å². The Balaban J connectivity index is 0. The van der Waals surface area contributed by atoms with E-state index in [4.69, 9.17) is 0 Å². The fourth-order valence-corrected chi connectivity index (χ4v) is 1.79. The minimum absolute atomic E-state index is 0. The fourth-order valence-electron chi connectivity index (χ4n) is 0.240. The number of thioether (sulfide) groups is 1. The average Bonchev–Trinajstić information content (AvgIpc) is 1.78. The maximum Gasteiger partial charge on any atom is 1.00 e. The Morgan fingerprint density at radius 2 is 1.91 bits per heavy atom. The summed E-state index contributed by atoms with van der Waals surface area (Å²) in [5.74, 6) is 0. The molecular weight excluding hydrogens is 195 g/mol. The Labute approximate surface area is 117 Å². The number of hydrogen-bond acceptors (Lipinski definition) is 1. The Hall–Kier alpha value is 1.28. The van der Waals surface area contributed by atoms with Crippen molar-refractivity contribution in [1.29, 1.82) is 0 Å². The molecule has 0 unspecified atom stereocenters. The van der Waals surface area contributed by atoms with Crippen LogP contribution in [0.1, 0.15) is 0 Å². The zero-order chi connectivity index (χ0) is 8.04. The van der Waals surface area contributed by atoms with Crippen molar-refractivity contribution >= 4 is 19.8 Å². The van der Waals surface area contributed by atoms with E-state index in [-0.39, 0.29) is 51.4 Å². The summed E-state index contributed by atoms with van der Waals surface area (Å²) >= 11 is 1.33. The molecule has 0 aliphatic carbocycles. The first kappa shape index (κ1) is 14.8. The van der Waals surface area contributed by atoms with Crippen LogP contribution in [0.3, 0.4) is 0 Å². The van der Waals surface area contributed by atoms with Crippen molar-refractivity contribution in [3.8, 4) is 10.8 Å². The molecule has 0 amide bonds. The van der Waals surface area contributed by atoms with Crippen LogP contribution < -0.4 is 51.4 Å². The van der Waals surface area contributed by atoms with Crippen LogP contribution in [0.25, 0.3) is 0 Å². The van der Waals surface area contributed by atoms with Crippen LogP contribution in [0.5, 0.6) is 0 Å². The van der Waals surface area contributed by atoms with Crippen LogP contribution in [0.15, 0.2) is 12.3 Å². The van der Waals surface area contributed by atoms with Crippen LogP contribution in [-0.2, 0) is 0 Å². The smallest absolute Gasteiger partial charge is 0.326 e. The molecule has 54 valence electrons. The van der Waals surface area contributed by atoms with E-state index in [2.05, 4.69) is 48.2 Å². The van der Waals surface area contributed by atoms with Crippen molar-refractivity contribution < 1.29 is 51.4 Å². The largest absolute Gasteiger partial charge is 1.00 e. The average molecular weight is 206 g/mol. The van der Waals surface area contributed by atoms with Crippen LogP contribution in [0, 0.1) is 16.2 Å². The van der Waals surface area contributed by atoms with Crippen LogP contribution in [0.4, 0.5) is 0 Å². The summed E-state index contributed by atoms with van der Waals surface area (Å²) < 4.78 is 0. The molecule has 0 aliphatic rings. The molecule has 0 atom stereocenters. The van der Waals surface area contributed by atoms with Gasteiger partial charge in [-0.2, -0.15) is 17.2 Å². The molecule has 0 rings (SSSR count). The third-order valence-electron chi connectivity index (χ3n) is 0.600. The van der Waals surface area contributed by atoms with Crippen LogP contribution in [-0.4, -0.2) is 8.07 Å². The van der Waals surface area contributed by atoms with Gasteiger partial charge in [-0.05, 0) is 0 Å². The summed E-state index contributed by atoms with van der Waals surface area (Å²) in [5, 5.41) is 5.67. The second kappa shape index (κ2) is 7.91. The molecule has 0 saturated heterocycles. The summed E-state index contributed by atoms with van der Waals surface area (Å²) in [5.41, 5.74) is 5.71. The molecule has 3 heteroatoms. The van der Waals surface area contributed by atoms with E-state index >= 15 is 0 Å². The second-order valence-corrected chi connectivity index (χ2v) is 8.22. The minimum atomic E-state index is -1.18. The zero-order valence-electron chi connectivity index (χ0n) is 7.62. The summed E-state index contributed by atoms with van der Waals surface area (Å²) in [6, 6.07) is 0. The molecule has 0 N–H and O–H groups in total. The molecule has 0 aromatic heterocycles. The van der Waals surface area contributed by atoms with Crippen molar-refractivity contribution in [3.63, 3.8) is 0 Å². The first-order valence-corrected chi connectivity index (χ1v) is 7.33. The van der Waals surface area contributed by atoms with Gasteiger partial charge in [0.05, 0.1) is 0 Å². The molecular formula is C8H11KSSi. The van der Waals surface area contributed by atoms with E-state index in [0.717, 1.165) is 0 Å². The van der Waals surface area contributed by atoms with Crippen LogP contribution in [0.2, 0.25) is 19.6 Å². The van der Waals surface area contributed by atoms with Gasteiger partial charge in [0.15, 0.2) is 0 Å². The van der Waals surface area contributed by atoms with E-state index in [0.29, 0.717) is 0 Å². The maximum absolute atomic E-state index is 3.38. The molecule has 0 fully saturated rings. The quantitative estimate of drug-likeness (QED) is 0.245. The van der Waals surface area contributed by atoms with Gasteiger partial charge in [-0.3, -0.25) is 0 Å². The Morgan fingerprint density at radius 1 is 1.36 bits per heavy atom. The van der Waals surface area contributed by atoms with Crippen molar-refractivity contribution in [3.05, 3.63) is 17.7 Å². The van der Waals surface area contributed by atoms with Crippen molar-refractivity contribution in [1.82, 2.24) is 0 Å². The number of rotatable bonds is 1. The Bertz CT molecular complexity index is 200. The van der Waals surface area contributed by atoms with E-state index in [1.165, 1.54) is 11.8 Å². The van der Waals surface area contributed by atoms with Gasteiger partial charge in [0.2, 0.25) is 0 Å². The molecule has 0 heterocycles. The van der Waals surface area contributed by atoms with E-state index in [9.17, 15) is 0 Å². The van der Waals surface area contributed by atoms with E-state index < -0.39 is 8.07 Å². The van der Waals surface area contributed by atoms with Gasteiger partial charge in [-0.1, -0.05) is 24.9 Å². The van der Waals surface area contributed by atoms with Gasteiger partial charge in [0.25, 0.3) is 0 Å². The predicted molar refractivity (Wildman–Crippen MR) is 51.1 cm³/mol. The topological polar surface area (TPSA) is 0 Å². The minimum Gasteiger partial charge on any atom is -0.326 e. The molecule has 0 saturated carbocycles. The molecule has 0 spiro atoms. The first-order valence-electron chi connectivity index (χ1n) is 3.01. The Morgan fingerprint density at radius 3 is 2.27 bits per heavy atom.